The molecule has 0 spiro atoms. The molecule has 0 atom stereocenters. The number of nitrogens with zero attached hydrogens (tertiary/aromatic N) is 3. The minimum absolute atomic E-state index is 0. The summed E-state index contributed by atoms with van der Waals surface area (Å²) in [6.07, 6.45) is 0. The first-order chi connectivity index (χ1) is 14.1. The average Bonchev–Trinajstić information content (AvgIpc) is 3.13. The molecule has 4 aromatic rings. The monoisotopic (exact) mass is 427 g/mol. The first kappa shape index (κ1) is 22.1. The normalized spacial score (nSPS) is 10.3. The van der Waals surface area contributed by atoms with Crippen LogP contribution in [-0.4, -0.2) is 20.5 Å². The van der Waals surface area contributed by atoms with Gasteiger partial charge in [0.05, 0.1) is 0 Å². The van der Waals surface area contributed by atoms with Crippen molar-refractivity contribution in [2.45, 2.75) is 11.8 Å². The molecule has 1 heterocycles. The summed E-state index contributed by atoms with van der Waals surface area (Å²) in [6, 6.07) is 21.9. The molecular formula is C22H15FN3NaO2S. The molecule has 144 valence electrons. The van der Waals surface area contributed by atoms with Crippen molar-refractivity contribution in [2.24, 2.45) is 0 Å². The number of carbonyl (C=O) groups excluding carboxylic acids is 1. The van der Waals surface area contributed by atoms with Gasteiger partial charge in [-0.2, -0.15) is 5.10 Å². The van der Waals surface area contributed by atoms with Crippen molar-refractivity contribution in [2.75, 3.05) is 0 Å². The van der Waals surface area contributed by atoms with Crippen LogP contribution in [0.2, 0.25) is 0 Å². The number of halogens is 1. The van der Waals surface area contributed by atoms with Crippen LogP contribution >= 0.6 is 0 Å². The number of benzene rings is 3. The van der Waals surface area contributed by atoms with Gasteiger partial charge in [0.1, 0.15) is 18.2 Å². The van der Waals surface area contributed by atoms with Crippen LogP contribution in [0.15, 0.2) is 84.0 Å². The Kier molecular flexibility index (Phi) is 7.33. The Morgan fingerprint density at radius 1 is 0.900 bits per heavy atom. The van der Waals surface area contributed by atoms with E-state index in [4.69, 9.17) is 17.4 Å². The zero-order chi connectivity index (χ0) is 20.2. The van der Waals surface area contributed by atoms with Crippen molar-refractivity contribution in [3.8, 4) is 11.4 Å². The van der Waals surface area contributed by atoms with E-state index in [1.807, 2.05) is 18.2 Å². The van der Waals surface area contributed by atoms with Crippen LogP contribution in [-0.2, 0) is 19.2 Å². The summed E-state index contributed by atoms with van der Waals surface area (Å²) in [5.74, 6) is 0.680. The van der Waals surface area contributed by atoms with Crippen molar-refractivity contribution in [3.63, 3.8) is 0 Å². The number of hydrogen-bond donors (Lipinski definition) is 0. The minimum atomic E-state index is -0.337. The molecule has 3 aromatic carbocycles. The zero-order valence-corrected chi connectivity index (χ0v) is 19.0. The molecule has 0 bridgehead atoms. The van der Waals surface area contributed by atoms with Gasteiger partial charge < -0.3 is 21.9 Å². The molecule has 0 aliphatic heterocycles. The van der Waals surface area contributed by atoms with Crippen molar-refractivity contribution in [1.82, 2.24) is 14.8 Å². The quantitative estimate of drug-likeness (QED) is 0.262. The molecule has 0 aliphatic carbocycles. The van der Waals surface area contributed by atoms with Crippen LogP contribution in [0.5, 0.6) is 5.75 Å². The molecule has 0 amide bonds. The molecule has 0 saturated heterocycles. The molecule has 0 aliphatic rings. The van der Waals surface area contributed by atoms with Gasteiger partial charge in [-0.1, -0.05) is 30.3 Å². The van der Waals surface area contributed by atoms with Crippen LogP contribution in [0, 0.1) is 5.82 Å². The van der Waals surface area contributed by atoms with Gasteiger partial charge in [-0.05, 0) is 48.5 Å². The molecule has 0 unspecified atom stereocenters. The van der Waals surface area contributed by atoms with E-state index in [1.54, 1.807) is 53.1 Å². The Hall–Kier alpha value is -2.58. The minimum Gasteiger partial charge on any atom is -0.740 e. The Morgan fingerprint density at radius 3 is 2.20 bits per heavy atom. The van der Waals surface area contributed by atoms with Crippen molar-refractivity contribution in [1.29, 1.82) is 0 Å². The fourth-order valence-electron chi connectivity index (χ4n) is 2.85. The second kappa shape index (κ2) is 9.95. The van der Waals surface area contributed by atoms with Crippen LogP contribution in [0.3, 0.4) is 0 Å². The summed E-state index contributed by atoms with van der Waals surface area (Å²) >= 11 is 5.21. The van der Waals surface area contributed by atoms with Gasteiger partial charge in [0.2, 0.25) is 0 Å². The SMILES string of the molecule is O=C(c1ccccc1)c1ccc(OCc2nnc([S-])n2-c2ccc(F)cc2)cc1.[Na+]. The van der Waals surface area contributed by atoms with E-state index in [2.05, 4.69) is 10.2 Å². The van der Waals surface area contributed by atoms with Gasteiger partial charge in [0, 0.05) is 22.0 Å². The van der Waals surface area contributed by atoms with E-state index < -0.39 is 0 Å². The maximum absolute atomic E-state index is 13.2. The number of aromatic nitrogens is 3. The van der Waals surface area contributed by atoms with Gasteiger partial charge in [-0.15, -0.1) is 5.10 Å². The number of ether oxygens (including phenoxy) is 1. The molecule has 1 aromatic heterocycles. The second-order valence-corrected chi connectivity index (χ2v) is 6.58. The van der Waals surface area contributed by atoms with E-state index in [0.29, 0.717) is 28.4 Å². The second-order valence-electron chi connectivity index (χ2n) is 6.22. The number of hydrogen-bond acceptors (Lipinski definition) is 5. The van der Waals surface area contributed by atoms with Crippen molar-refractivity contribution < 1.29 is 43.5 Å². The van der Waals surface area contributed by atoms with Crippen LogP contribution < -0.4 is 34.3 Å². The van der Waals surface area contributed by atoms with Crippen LogP contribution in [0.25, 0.3) is 5.69 Å². The third kappa shape index (κ3) is 4.94. The molecule has 0 saturated carbocycles. The predicted molar refractivity (Wildman–Crippen MR) is 108 cm³/mol. The summed E-state index contributed by atoms with van der Waals surface area (Å²) in [5.41, 5.74) is 1.86. The molecule has 0 N–H and O–H groups in total. The van der Waals surface area contributed by atoms with Crippen LogP contribution in [0.4, 0.5) is 4.39 Å². The number of rotatable bonds is 6. The predicted octanol–water partition coefficient (Wildman–Crippen LogP) is 1.13. The van der Waals surface area contributed by atoms with Crippen molar-refractivity contribution in [3.05, 3.63) is 102 Å². The van der Waals surface area contributed by atoms with E-state index in [1.165, 1.54) is 12.1 Å². The van der Waals surface area contributed by atoms with E-state index >= 15 is 0 Å². The summed E-state index contributed by atoms with van der Waals surface area (Å²) in [7, 11) is 0. The van der Waals surface area contributed by atoms with Crippen molar-refractivity contribution >= 4 is 18.4 Å². The number of carbonyl (C=O) groups is 1. The Balaban J connectivity index is 0.00000256. The Labute approximate surface area is 200 Å². The van der Waals surface area contributed by atoms with Gasteiger partial charge in [-0.25, -0.2) is 4.39 Å². The Morgan fingerprint density at radius 2 is 1.53 bits per heavy atom. The summed E-state index contributed by atoms with van der Waals surface area (Å²) in [5, 5.41) is 8.22. The van der Waals surface area contributed by atoms with Gasteiger partial charge in [0.25, 0.3) is 0 Å². The summed E-state index contributed by atoms with van der Waals surface area (Å²) < 4.78 is 20.6. The maximum atomic E-state index is 13.2. The topological polar surface area (TPSA) is 57.0 Å². The average molecular weight is 427 g/mol. The zero-order valence-electron chi connectivity index (χ0n) is 16.2. The van der Waals surface area contributed by atoms with Gasteiger partial charge >= 0.3 is 29.6 Å². The fraction of sp³-hybridized carbons (Fsp3) is 0.0455. The first-order valence-electron chi connectivity index (χ1n) is 8.82. The Bertz CT molecular complexity index is 1130. The molecule has 4 rings (SSSR count). The molecule has 0 radical (unpaired) electrons. The third-order valence-electron chi connectivity index (χ3n) is 4.31. The van der Waals surface area contributed by atoms with Gasteiger partial charge in [0.15, 0.2) is 11.6 Å². The van der Waals surface area contributed by atoms with Crippen LogP contribution in [0.1, 0.15) is 21.7 Å². The molecule has 5 nitrogen and oxygen atoms in total. The number of ketones is 1. The fourth-order valence-corrected chi connectivity index (χ4v) is 3.10. The first-order valence-corrected chi connectivity index (χ1v) is 9.22. The smallest absolute Gasteiger partial charge is 0.740 e. The summed E-state index contributed by atoms with van der Waals surface area (Å²) in [6.45, 7) is 0.118. The third-order valence-corrected chi connectivity index (χ3v) is 4.57. The molecular weight excluding hydrogens is 412 g/mol. The molecule has 0 fully saturated rings. The largest absolute Gasteiger partial charge is 1.00 e. The molecule has 30 heavy (non-hydrogen) atoms. The summed E-state index contributed by atoms with van der Waals surface area (Å²) in [4.78, 5) is 12.5. The molecule has 8 heteroatoms. The van der Waals surface area contributed by atoms with Gasteiger partial charge in [-0.3, -0.25) is 4.79 Å². The standard InChI is InChI=1S/C22H16FN3O2S.Na/c23-17-8-10-18(11-9-17)26-20(24-25-22(26)29)14-28-19-12-6-16(7-13-19)21(27)15-4-2-1-3-5-15;/h1-13H,14H2,(H,25,29);/q;+1/p-1. The van der Waals surface area contributed by atoms with E-state index in [-0.39, 0.29) is 52.9 Å². The van der Waals surface area contributed by atoms with E-state index in [0.717, 1.165) is 0 Å². The maximum Gasteiger partial charge on any atom is 1.00 e. The van der Waals surface area contributed by atoms with E-state index in [9.17, 15) is 9.18 Å².